The van der Waals surface area contributed by atoms with Crippen molar-refractivity contribution in [3.63, 3.8) is 0 Å². The Labute approximate surface area is 166 Å². The normalized spacial score (nSPS) is 19.9. The number of H-pyrrole nitrogens is 1. The van der Waals surface area contributed by atoms with Crippen molar-refractivity contribution in [2.75, 3.05) is 6.54 Å². The number of likely N-dealkylation sites (tertiary alicyclic amines) is 1. The van der Waals surface area contributed by atoms with E-state index in [1.165, 1.54) is 33.2 Å². The Bertz CT molecular complexity index is 1020. The number of hydrogen-bond acceptors (Lipinski definition) is 2. The lowest BCUT2D eigenvalue weighted by Gasteiger charge is -2.51. The number of carboxylic acid groups (broad SMARTS) is 1. The van der Waals surface area contributed by atoms with Gasteiger partial charge in [0.25, 0.3) is 0 Å². The van der Waals surface area contributed by atoms with Crippen molar-refractivity contribution in [3.8, 4) is 0 Å². The monoisotopic (exact) mass is 376 g/mol. The predicted octanol–water partition coefficient (Wildman–Crippen LogP) is 5.31. The van der Waals surface area contributed by atoms with Crippen LogP contribution in [-0.2, 0) is 6.54 Å². The van der Waals surface area contributed by atoms with E-state index in [0.717, 1.165) is 13.1 Å². The Balaban J connectivity index is 1.66. The minimum absolute atomic E-state index is 0.331. The topological polar surface area (TPSA) is 56.3 Å². The molecular formula is C24H28N2O2. The summed E-state index contributed by atoms with van der Waals surface area (Å²) in [6.45, 7) is 10.9. The van der Waals surface area contributed by atoms with Crippen molar-refractivity contribution >= 4 is 16.9 Å². The lowest BCUT2D eigenvalue weighted by Crippen LogP contribution is -2.51. The van der Waals surface area contributed by atoms with Gasteiger partial charge in [-0.2, -0.15) is 0 Å². The largest absolute Gasteiger partial charge is 0.478 e. The van der Waals surface area contributed by atoms with Crippen LogP contribution in [0.5, 0.6) is 0 Å². The molecule has 28 heavy (non-hydrogen) atoms. The molecule has 1 aromatic heterocycles. The van der Waals surface area contributed by atoms with E-state index >= 15 is 0 Å². The summed E-state index contributed by atoms with van der Waals surface area (Å²) in [5.74, 6) is 0.303. The number of nitrogens with zero attached hydrogens (tertiary/aromatic N) is 1. The van der Waals surface area contributed by atoms with Crippen LogP contribution in [0.15, 0.2) is 42.6 Å². The van der Waals surface area contributed by atoms with Crippen molar-refractivity contribution in [2.24, 2.45) is 11.8 Å². The molecular weight excluding hydrogens is 348 g/mol. The van der Waals surface area contributed by atoms with E-state index in [0.29, 0.717) is 23.4 Å². The molecule has 2 N–H and O–H groups in total. The maximum Gasteiger partial charge on any atom is 0.335 e. The first-order valence-corrected chi connectivity index (χ1v) is 10.00. The zero-order valence-corrected chi connectivity index (χ0v) is 17.0. The number of benzene rings is 2. The first-order chi connectivity index (χ1) is 13.4. The maximum absolute atomic E-state index is 11.2. The first-order valence-electron chi connectivity index (χ1n) is 10.00. The van der Waals surface area contributed by atoms with E-state index in [-0.39, 0.29) is 0 Å². The second-order valence-corrected chi connectivity index (χ2v) is 8.46. The Morgan fingerprint density at radius 3 is 2.54 bits per heavy atom. The highest BCUT2D eigenvalue weighted by atomic mass is 16.4. The molecule has 4 heteroatoms. The highest BCUT2D eigenvalue weighted by molar-refractivity contribution is 5.88. The minimum atomic E-state index is -0.873. The molecule has 0 bridgehead atoms. The molecule has 1 aliphatic heterocycles. The molecule has 1 fully saturated rings. The van der Waals surface area contributed by atoms with Crippen molar-refractivity contribution in [1.29, 1.82) is 0 Å². The van der Waals surface area contributed by atoms with Crippen LogP contribution in [0.25, 0.3) is 10.9 Å². The Morgan fingerprint density at radius 1 is 1.18 bits per heavy atom. The van der Waals surface area contributed by atoms with Gasteiger partial charge in [-0.15, -0.1) is 0 Å². The van der Waals surface area contributed by atoms with E-state index in [2.05, 4.69) is 49.7 Å². The number of aryl methyl sites for hydroxylation is 2. The summed E-state index contributed by atoms with van der Waals surface area (Å²) in [4.78, 5) is 17.1. The fraction of sp³-hybridized carbons (Fsp3) is 0.375. The van der Waals surface area contributed by atoms with Gasteiger partial charge < -0.3 is 10.1 Å². The van der Waals surface area contributed by atoms with Crippen molar-refractivity contribution in [1.82, 2.24) is 9.88 Å². The van der Waals surface area contributed by atoms with E-state index in [1.807, 2.05) is 18.3 Å². The molecule has 4 nitrogen and oxygen atoms in total. The number of aromatic amines is 1. The number of carboxylic acids is 1. The number of rotatable bonds is 5. The lowest BCUT2D eigenvalue weighted by molar-refractivity contribution is -0.0201. The van der Waals surface area contributed by atoms with Crippen LogP contribution < -0.4 is 0 Å². The smallest absolute Gasteiger partial charge is 0.335 e. The van der Waals surface area contributed by atoms with Crippen LogP contribution in [-0.4, -0.2) is 27.5 Å². The lowest BCUT2D eigenvalue weighted by atomic mass is 9.76. The number of aromatic carboxylic acids is 1. The summed E-state index contributed by atoms with van der Waals surface area (Å²) >= 11 is 0. The molecule has 2 aromatic carbocycles. The minimum Gasteiger partial charge on any atom is -0.478 e. The molecule has 4 rings (SSSR count). The summed E-state index contributed by atoms with van der Waals surface area (Å²) in [5.41, 5.74) is 6.78. The van der Waals surface area contributed by atoms with Crippen LogP contribution in [0, 0.1) is 25.7 Å². The molecule has 0 saturated carbocycles. The quantitative estimate of drug-likeness (QED) is 0.634. The third kappa shape index (κ3) is 3.12. The summed E-state index contributed by atoms with van der Waals surface area (Å²) in [7, 11) is 0. The van der Waals surface area contributed by atoms with Gasteiger partial charge in [-0.05, 0) is 66.1 Å². The van der Waals surface area contributed by atoms with Gasteiger partial charge in [-0.1, -0.05) is 32.0 Å². The summed E-state index contributed by atoms with van der Waals surface area (Å²) in [6.07, 6.45) is 2.02. The van der Waals surface area contributed by atoms with Crippen molar-refractivity contribution < 1.29 is 9.90 Å². The van der Waals surface area contributed by atoms with Crippen molar-refractivity contribution in [3.05, 3.63) is 70.4 Å². The Morgan fingerprint density at radius 2 is 1.89 bits per heavy atom. The average Bonchev–Trinajstić information content (AvgIpc) is 3.10. The van der Waals surface area contributed by atoms with Crippen LogP contribution in [0.2, 0.25) is 0 Å². The average molecular weight is 377 g/mol. The van der Waals surface area contributed by atoms with Gasteiger partial charge >= 0.3 is 5.97 Å². The Hall–Kier alpha value is -2.59. The van der Waals surface area contributed by atoms with Gasteiger partial charge in [0.05, 0.1) is 5.56 Å². The van der Waals surface area contributed by atoms with Gasteiger partial charge in [0.1, 0.15) is 0 Å². The van der Waals surface area contributed by atoms with Crippen LogP contribution in [0.3, 0.4) is 0 Å². The predicted molar refractivity (Wildman–Crippen MR) is 113 cm³/mol. The third-order valence-corrected chi connectivity index (χ3v) is 6.34. The zero-order chi connectivity index (χ0) is 20.0. The van der Waals surface area contributed by atoms with Gasteiger partial charge in [0.15, 0.2) is 0 Å². The van der Waals surface area contributed by atoms with E-state index < -0.39 is 5.97 Å². The molecule has 0 radical (unpaired) electrons. The standard InChI is InChI=1S/C24H28N2O2/c1-14(2)20-12-26(23(20)17-5-7-18(8-6-17)24(27)28)13-21-15(3)11-16(4)22-19(21)9-10-25-22/h5-11,14,20,23,25H,12-13H2,1-4H3,(H,27,28)/t20?,23-/m1/s1. The number of nitrogens with one attached hydrogen (secondary N) is 1. The molecule has 146 valence electrons. The summed E-state index contributed by atoms with van der Waals surface area (Å²) in [5, 5.41) is 10.5. The number of hydrogen-bond donors (Lipinski definition) is 2. The van der Waals surface area contributed by atoms with Gasteiger partial charge in [-0.25, -0.2) is 4.79 Å². The van der Waals surface area contributed by atoms with Gasteiger partial charge in [0, 0.05) is 36.2 Å². The number of carbonyl (C=O) groups is 1. The fourth-order valence-electron chi connectivity index (χ4n) is 4.69. The van der Waals surface area contributed by atoms with E-state index in [1.54, 1.807) is 12.1 Å². The molecule has 1 saturated heterocycles. The van der Waals surface area contributed by atoms with Crippen LogP contribution >= 0.6 is 0 Å². The summed E-state index contributed by atoms with van der Waals surface area (Å²) < 4.78 is 0. The molecule has 0 aliphatic carbocycles. The fourth-order valence-corrected chi connectivity index (χ4v) is 4.69. The highest BCUT2D eigenvalue weighted by Gasteiger charge is 2.41. The molecule has 1 unspecified atom stereocenters. The number of aromatic nitrogens is 1. The second-order valence-electron chi connectivity index (χ2n) is 8.46. The van der Waals surface area contributed by atoms with Crippen molar-refractivity contribution in [2.45, 2.75) is 40.3 Å². The summed E-state index contributed by atoms with van der Waals surface area (Å²) in [6, 6.07) is 12.2. The molecule has 0 amide bonds. The van der Waals surface area contributed by atoms with Gasteiger partial charge in [-0.3, -0.25) is 4.90 Å². The molecule has 2 atom stereocenters. The van der Waals surface area contributed by atoms with Gasteiger partial charge in [0.2, 0.25) is 0 Å². The third-order valence-electron chi connectivity index (χ3n) is 6.34. The molecule has 1 aliphatic rings. The Kier molecular flexibility index (Phi) is 4.76. The second kappa shape index (κ2) is 7.10. The zero-order valence-electron chi connectivity index (χ0n) is 17.0. The maximum atomic E-state index is 11.2. The number of fused-ring (bicyclic) bond motifs is 1. The van der Waals surface area contributed by atoms with Crippen LogP contribution in [0.1, 0.15) is 52.5 Å². The van der Waals surface area contributed by atoms with Crippen LogP contribution in [0.4, 0.5) is 0 Å². The SMILES string of the molecule is Cc1cc(C)c2[nH]ccc2c1CN1CC(C(C)C)[C@H]1c1ccc(C(=O)O)cc1. The molecule has 3 aromatic rings. The highest BCUT2D eigenvalue weighted by Crippen LogP contribution is 2.44. The first kappa shape index (κ1) is 18.8. The van der Waals surface area contributed by atoms with E-state index in [4.69, 9.17) is 0 Å². The molecule has 0 spiro atoms. The molecule has 2 heterocycles. The van der Waals surface area contributed by atoms with E-state index in [9.17, 15) is 9.90 Å².